The van der Waals surface area contributed by atoms with Crippen molar-refractivity contribution in [2.24, 2.45) is 0 Å². The van der Waals surface area contributed by atoms with E-state index in [1.54, 1.807) is 12.4 Å². The predicted octanol–water partition coefficient (Wildman–Crippen LogP) is 3.45. The molecule has 0 spiro atoms. The lowest BCUT2D eigenvalue weighted by molar-refractivity contribution is -0.122. The van der Waals surface area contributed by atoms with Gasteiger partial charge in [0.05, 0.1) is 18.0 Å². The van der Waals surface area contributed by atoms with Crippen LogP contribution in [0.1, 0.15) is 5.56 Å². The van der Waals surface area contributed by atoms with Crippen molar-refractivity contribution in [2.75, 3.05) is 17.6 Å². The number of rotatable bonds is 7. The van der Waals surface area contributed by atoms with Crippen molar-refractivity contribution >= 4 is 29.3 Å². The van der Waals surface area contributed by atoms with Crippen LogP contribution in [0.15, 0.2) is 53.9 Å². The number of halogens is 3. The van der Waals surface area contributed by atoms with Gasteiger partial charge in [-0.3, -0.25) is 14.2 Å². The van der Waals surface area contributed by atoms with Gasteiger partial charge in [-0.25, -0.2) is 18.2 Å². The first kappa shape index (κ1) is 21.4. The average molecular weight is 434 g/mol. The minimum absolute atomic E-state index is 0.00432. The Labute approximate surface area is 174 Å². The second kappa shape index (κ2) is 9.49. The maximum absolute atomic E-state index is 13.6. The highest BCUT2D eigenvalue weighted by Gasteiger charge is 2.16. The predicted molar refractivity (Wildman–Crippen MR) is 107 cm³/mol. The van der Waals surface area contributed by atoms with Crippen molar-refractivity contribution in [1.82, 2.24) is 14.9 Å². The first-order chi connectivity index (χ1) is 14.3. The van der Waals surface area contributed by atoms with E-state index in [-0.39, 0.29) is 5.75 Å². The fraction of sp³-hybridized carbons (Fsp3) is 0.150. The number of benzene rings is 2. The number of aromatic nitrogens is 2. The molecule has 2 N–H and O–H groups in total. The minimum Gasteiger partial charge on any atom is -0.346 e. The number of thioether (sulfide) groups is 1. The number of hydrogen-bond donors (Lipinski definition) is 2. The number of carbonyl (C=O) groups is 2. The van der Waals surface area contributed by atoms with Crippen molar-refractivity contribution in [1.29, 1.82) is 0 Å². The zero-order valence-corrected chi connectivity index (χ0v) is 16.6. The molecule has 2 amide bonds. The van der Waals surface area contributed by atoms with Crippen LogP contribution in [0.5, 0.6) is 0 Å². The Morgan fingerprint density at radius 2 is 1.90 bits per heavy atom. The lowest BCUT2D eigenvalue weighted by Gasteiger charge is -2.09. The van der Waals surface area contributed by atoms with Crippen LogP contribution in [0, 0.1) is 24.4 Å². The van der Waals surface area contributed by atoms with Crippen LogP contribution < -0.4 is 10.6 Å². The van der Waals surface area contributed by atoms with E-state index in [9.17, 15) is 22.8 Å². The Bertz CT molecular complexity index is 1090. The summed E-state index contributed by atoms with van der Waals surface area (Å²) in [6.07, 6.45) is 3.39. The summed E-state index contributed by atoms with van der Waals surface area (Å²) < 4.78 is 41.5. The monoisotopic (exact) mass is 434 g/mol. The van der Waals surface area contributed by atoms with Crippen LogP contribution in [-0.4, -0.2) is 33.7 Å². The summed E-state index contributed by atoms with van der Waals surface area (Å²) in [6, 6.07) is 9.38. The van der Waals surface area contributed by atoms with Crippen LogP contribution in [0.4, 0.5) is 18.9 Å². The molecular weight excluding hydrogens is 417 g/mol. The molecular formula is C20H17F3N4O2S. The molecule has 2 aromatic carbocycles. The van der Waals surface area contributed by atoms with Gasteiger partial charge in [-0.1, -0.05) is 23.9 Å². The molecule has 0 saturated heterocycles. The number of aryl methyl sites for hydroxylation is 1. The van der Waals surface area contributed by atoms with E-state index in [1.165, 1.54) is 11.8 Å². The smallest absolute Gasteiger partial charge is 0.243 e. The molecule has 1 heterocycles. The van der Waals surface area contributed by atoms with Gasteiger partial charge in [-0.15, -0.1) is 0 Å². The summed E-state index contributed by atoms with van der Waals surface area (Å²) in [7, 11) is 0. The third-order valence-corrected chi connectivity index (χ3v) is 4.94. The van der Waals surface area contributed by atoms with Crippen molar-refractivity contribution in [3.63, 3.8) is 0 Å². The molecule has 0 unspecified atom stereocenters. The topological polar surface area (TPSA) is 76.0 Å². The van der Waals surface area contributed by atoms with Gasteiger partial charge in [-0.2, -0.15) is 0 Å². The van der Waals surface area contributed by atoms with Gasteiger partial charge in [-0.05, 0) is 36.8 Å². The highest BCUT2D eigenvalue weighted by molar-refractivity contribution is 7.99. The van der Waals surface area contributed by atoms with E-state index in [1.807, 2.05) is 35.8 Å². The van der Waals surface area contributed by atoms with E-state index in [0.717, 1.165) is 17.3 Å². The number of nitrogens with zero attached hydrogens (tertiary/aromatic N) is 2. The second-order valence-electron chi connectivity index (χ2n) is 6.26. The van der Waals surface area contributed by atoms with Crippen LogP contribution >= 0.6 is 11.8 Å². The normalized spacial score (nSPS) is 10.7. The molecule has 0 fully saturated rings. The number of carbonyl (C=O) groups excluding carboxylic acids is 2. The van der Waals surface area contributed by atoms with Crippen LogP contribution in [-0.2, 0) is 9.59 Å². The zero-order chi connectivity index (χ0) is 21.7. The van der Waals surface area contributed by atoms with Crippen molar-refractivity contribution in [3.05, 3.63) is 71.8 Å². The van der Waals surface area contributed by atoms with E-state index >= 15 is 0 Å². The number of imidazole rings is 1. The third kappa shape index (κ3) is 5.20. The Balaban J connectivity index is 1.51. The molecule has 6 nitrogen and oxygen atoms in total. The standard InChI is InChI=1S/C20H17F3N4O2S/c1-12-3-2-4-13(9-12)27-8-7-24-20(27)30-11-17(29)25-10-16(28)26-15-6-5-14(21)18(22)19(15)23/h2-9H,10-11H2,1H3,(H,25,29)(H,26,28). The largest absolute Gasteiger partial charge is 0.346 e. The number of anilines is 1. The van der Waals surface area contributed by atoms with Gasteiger partial charge in [0.1, 0.15) is 0 Å². The molecule has 10 heteroatoms. The van der Waals surface area contributed by atoms with Crippen LogP contribution in [0.25, 0.3) is 5.69 Å². The van der Waals surface area contributed by atoms with Crippen LogP contribution in [0.2, 0.25) is 0 Å². The van der Waals surface area contributed by atoms with Gasteiger partial charge >= 0.3 is 0 Å². The van der Waals surface area contributed by atoms with Gasteiger partial charge in [0.15, 0.2) is 22.6 Å². The zero-order valence-electron chi connectivity index (χ0n) is 15.8. The van der Waals surface area contributed by atoms with E-state index in [2.05, 4.69) is 15.6 Å². The molecule has 0 saturated carbocycles. The summed E-state index contributed by atoms with van der Waals surface area (Å²) in [5.74, 6) is -5.78. The van der Waals surface area contributed by atoms with E-state index in [0.29, 0.717) is 11.2 Å². The summed E-state index contributed by atoms with van der Waals surface area (Å²) in [5, 5.41) is 5.06. The van der Waals surface area contributed by atoms with Crippen molar-refractivity contribution in [3.8, 4) is 5.69 Å². The maximum Gasteiger partial charge on any atom is 0.243 e. The molecule has 0 bridgehead atoms. The Kier molecular flexibility index (Phi) is 6.78. The first-order valence-electron chi connectivity index (χ1n) is 8.78. The number of hydrogen-bond acceptors (Lipinski definition) is 4. The van der Waals surface area contributed by atoms with Gasteiger partial charge in [0.25, 0.3) is 0 Å². The van der Waals surface area contributed by atoms with Crippen molar-refractivity contribution < 1.29 is 22.8 Å². The van der Waals surface area contributed by atoms with E-state index < -0.39 is 41.5 Å². The molecule has 30 heavy (non-hydrogen) atoms. The Morgan fingerprint density at radius 1 is 1.10 bits per heavy atom. The molecule has 0 radical (unpaired) electrons. The minimum atomic E-state index is -1.68. The first-order valence-corrected chi connectivity index (χ1v) is 9.77. The van der Waals surface area contributed by atoms with Gasteiger partial charge in [0.2, 0.25) is 11.8 Å². The molecule has 3 rings (SSSR count). The molecule has 156 valence electrons. The second-order valence-corrected chi connectivity index (χ2v) is 7.20. The quantitative estimate of drug-likeness (QED) is 0.441. The fourth-order valence-electron chi connectivity index (χ4n) is 2.55. The SMILES string of the molecule is Cc1cccc(-n2ccnc2SCC(=O)NCC(=O)Nc2ccc(F)c(F)c2F)c1. The lowest BCUT2D eigenvalue weighted by Crippen LogP contribution is -2.34. The number of amides is 2. The fourth-order valence-corrected chi connectivity index (χ4v) is 3.35. The highest BCUT2D eigenvalue weighted by atomic mass is 32.2. The average Bonchev–Trinajstić information content (AvgIpc) is 3.20. The molecule has 3 aromatic rings. The summed E-state index contributed by atoms with van der Waals surface area (Å²) in [6.45, 7) is 1.52. The molecule has 1 aromatic heterocycles. The summed E-state index contributed by atoms with van der Waals surface area (Å²) in [5.41, 5.74) is 1.48. The van der Waals surface area contributed by atoms with Gasteiger partial charge in [0, 0.05) is 18.1 Å². The van der Waals surface area contributed by atoms with E-state index in [4.69, 9.17) is 0 Å². The third-order valence-electron chi connectivity index (χ3n) is 3.97. The molecule has 0 atom stereocenters. The molecule has 0 aliphatic carbocycles. The number of nitrogens with one attached hydrogen (secondary N) is 2. The lowest BCUT2D eigenvalue weighted by atomic mass is 10.2. The summed E-state index contributed by atoms with van der Waals surface area (Å²) in [4.78, 5) is 28.1. The Hall–Kier alpha value is -3.27. The van der Waals surface area contributed by atoms with Crippen molar-refractivity contribution in [2.45, 2.75) is 12.1 Å². The van der Waals surface area contributed by atoms with Crippen LogP contribution in [0.3, 0.4) is 0 Å². The summed E-state index contributed by atoms with van der Waals surface area (Å²) >= 11 is 1.18. The highest BCUT2D eigenvalue weighted by Crippen LogP contribution is 2.21. The van der Waals surface area contributed by atoms with Gasteiger partial charge < -0.3 is 10.6 Å². The maximum atomic E-state index is 13.6. The molecule has 0 aliphatic heterocycles. The Morgan fingerprint density at radius 3 is 2.67 bits per heavy atom. The molecule has 0 aliphatic rings.